The Bertz CT molecular complexity index is 1860. The SMILES string of the molecule is [B].c1ccc(-c2c3ccccc3c(-c3ccccc3)c3cc(-c4cccc5ccccc45)ccc23)cc1. The normalized spacial score (nSPS) is 11.0. The fourth-order valence-corrected chi connectivity index (χ4v) is 5.65. The lowest BCUT2D eigenvalue weighted by Gasteiger charge is -2.19. The highest BCUT2D eigenvalue weighted by atomic mass is 14.2. The number of rotatable bonds is 3. The molecule has 3 radical (unpaired) electrons. The van der Waals surface area contributed by atoms with E-state index < -0.39 is 0 Å². The van der Waals surface area contributed by atoms with Crippen LogP contribution in [0.2, 0.25) is 0 Å². The first-order valence-corrected chi connectivity index (χ1v) is 12.5. The highest BCUT2D eigenvalue weighted by Gasteiger charge is 2.17. The molecule has 1 heteroatoms. The van der Waals surface area contributed by atoms with Crippen LogP contribution in [-0.2, 0) is 0 Å². The van der Waals surface area contributed by atoms with Crippen LogP contribution in [0.15, 0.2) is 146 Å². The molecule has 0 aliphatic rings. The zero-order valence-corrected chi connectivity index (χ0v) is 20.4. The summed E-state index contributed by atoms with van der Waals surface area (Å²) < 4.78 is 0. The maximum atomic E-state index is 2.40. The first kappa shape index (κ1) is 22.8. The number of benzene rings is 7. The molecule has 37 heavy (non-hydrogen) atoms. The molecule has 0 aliphatic carbocycles. The van der Waals surface area contributed by atoms with Gasteiger partial charge in [0.05, 0.1) is 0 Å². The average Bonchev–Trinajstić information content (AvgIpc) is 2.96. The predicted molar refractivity (Wildman–Crippen MR) is 161 cm³/mol. The Hall–Kier alpha value is -4.62. The average molecular weight is 467 g/mol. The molecule has 0 nitrogen and oxygen atoms in total. The predicted octanol–water partition coefficient (Wildman–Crippen LogP) is 9.77. The van der Waals surface area contributed by atoms with Crippen LogP contribution in [0.4, 0.5) is 0 Å². The van der Waals surface area contributed by atoms with Crippen molar-refractivity contribution in [3.05, 3.63) is 146 Å². The minimum Gasteiger partial charge on any atom is -0.0622 e. The second-order valence-corrected chi connectivity index (χ2v) is 9.31. The standard InChI is InChI=1S/C36H24.B/c1-3-13-26(14-4-1)35-31-19-9-10-20-32(31)36(27-15-5-2-6-16-27)34-24-28(22-23-33(34)35)30-21-11-17-25-12-7-8-18-29(25)30;/h1-24H;. The van der Waals surface area contributed by atoms with Crippen LogP contribution in [0, 0.1) is 0 Å². The Balaban J connectivity index is 0.00000252. The lowest BCUT2D eigenvalue weighted by molar-refractivity contribution is 1.64. The van der Waals surface area contributed by atoms with Crippen LogP contribution < -0.4 is 0 Å². The Morgan fingerprint density at radius 1 is 0.297 bits per heavy atom. The maximum absolute atomic E-state index is 2.40. The van der Waals surface area contributed by atoms with E-state index >= 15 is 0 Å². The van der Waals surface area contributed by atoms with Gasteiger partial charge >= 0.3 is 0 Å². The van der Waals surface area contributed by atoms with Crippen molar-refractivity contribution >= 4 is 40.7 Å². The number of hydrogen-bond acceptors (Lipinski definition) is 0. The van der Waals surface area contributed by atoms with Gasteiger partial charge in [-0.2, -0.15) is 0 Å². The zero-order valence-electron chi connectivity index (χ0n) is 20.4. The fraction of sp³-hybridized carbons (Fsp3) is 0. The smallest absolute Gasteiger partial charge is 0 e. The maximum Gasteiger partial charge on any atom is 0 e. The van der Waals surface area contributed by atoms with Gasteiger partial charge in [-0.25, -0.2) is 0 Å². The van der Waals surface area contributed by atoms with E-state index in [4.69, 9.17) is 0 Å². The van der Waals surface area contributed by atoms with Gasteiger partial charge in [0.15, 0.2) is 0 Å². The molecule has 0 aliphatic heterocycles. The van der Waals surface area contributed by atoms with E-state index in [9.17, 15) is 0 Å². The summed E-state index contributed by atoms with van der Waals surface area (Å²) in [5.74, 6) is 0. The van der Waals surface area contributed by atoms with E-state index in [1.165, 1.54) is 65.7 Å². The highest BCUT2D eigenvalue weighted by Crippen LogP contribution is 2.45. The molecule has 0 amide bonds. The van der Waals surface area contributed by atoms with Crippen molar-refractivity contribution in [2.24, 2.45) is 0 Å². The molecule has 0 fully saturated rings. The van der Waals surface area contributed by atoms with Crippen molar-refractivity contribution in [1.82, 2.24) is 0 Å². The topological polar surface area (TPSA) is 0 Å². The molecule has 0 aromatic heterocycles. The molecule has 0 unspecified atom stereocenters. The van der Waals surface area contributed by atoms with E-state index in [1.54, 1.807) is 0 Å². The second-order valence-electron chi connectivity index (χ2n) is 9.31. The van der Waals surface area contributed by atoms with Gasteiger partial charge in [0.25, 0.3) is 0 Å². The molecule has 0 atom stereocenters. The fourth-order valence-electron chi connectivity index (χ4n) is 5.65. The molecule has 7 aromatic carbocycles. The summed E-state index contributed by atoms with van der Waals surface area (Å²) in [5, 5.41) is 7.68. The van der Waals surface area contributed by atoms with Crippen molar-refractivity contribution in [1.29, 1.82) is 0 Å². The molecule has 171 valence electrons. The first-order chi connectivity index (χ1) is 17.9. The molecule has 7 aromatic rings. The largest absolute Gasteiger partial charge is 0.0622 e. The Morgan fingerprint density at radius 2 is 0.784 bits per heavy atom. The quantitative estimate of drug-likeness (QED) is 0.179. The molecular weight excluding hydrogens is 443 g/mol. The molecule has 0 heterocycles. The molecule has 0 saturated carbocycles. The van der Waals surface area contributed by atoms with Gasteiger partial charge < -0.3 is 0 Å². The monoisotopic (exact) mass is 467 g/mol. The zero-order chi connectivity index (χ0) is 23.9. The first-order valence-electron chi connectivity index (χ1n) is 12.5. The summed E-state index contributed by atoms with van der Waals surface area (Å²) in [6.45, 7) is 0. The molecule has 0 spiro atoms. The number of fused-ring (bicyclic) bond motifs is 3. The third-order valence-electron chi connectivity index (χ3n) is 7.25. The van der Waals surface area contributed by atoms with Crippen molar-refractivity contribution in [3.8, 4) is 33.4 Å². The summed E-state index contributed by atoms with van der Waals surface area (Å²) in [5.41, 5.74) is 7.59. The lowest BCUT2D eigenvalue weighted by Crippen LogP contribution is -1.91. The summed E-state index contributed by atoms with van der Waals surface area (Å²) in [6.07, 6.45) is 0. The van der Waals surface area contributed by atoms with Crippen LogP contribution in [-0.4, -0.2) is 8.41 Å². The van der Waals surface area contributed by atoms with Gasteiger partial charge in [0.2, 0.25) is 0 Å². The van der Waals surface area contributed by atoms with Gasteiger partial charge in [-0.3, -0.25) is 0 Å². The second kappa shape index (κ2) is 9.45. The van der Waals surface area contributed by atoms with Crippen LogP contribution >= 0.6 is 0 Å². The van der Waals surface area contributed by atoms with Crippen molar-refractivity contribution < 1.29 is 0 Å². The van der Waals surface area contributed by atoms with Crippen LogP contribution in [0.25, 0.3) is 65.7 Å². The third kappa shape index (κ3) is 3.81. The summed E-state index contributed by atoms with van der Waals surface area (Å²) in [4.78, 5) is 0. The van der Waals surface area contributed by atoms with Gasteiger partial charge in [-0.1, -0.05) is 140 Å². The van der Waals surface area contributed by atoms with Crippen molar-refractivity contribution in [3.63, 3.8) is 0 Å². The number of hydrogen-bond donors (Lipinski definition) is 0. The molecule has 0 N–H and O–H groups in total. The summed E-state index contributed by atoms with van der Waals surface area (Å²) in [6, 6.07) is 52.7. The Kier molecular flexibility index (Phi) is 5.83. The van der Waals surface area contributed by atoms with E-state index in [2.05, 4.69) is 146 Å². The lowest BCUT2D eigenvalue weighted by atomic mass is 9.84. The van der Waals surface area contributed by atoms with Crippen molar-refractivity contribution in [2.75, 3.05) is 0 Å². The Morgan fingerprint density at radius 3 is 1.43 bits per heavy atom. The van der Waals surface area contributed by atoms with Gasteiger partial charge in [-0.15, -0.1) is 0 Å². The van der Waals surface area contributed by atoms with E-state index in [-0.39, 0.29) is 8.41 Å². The van der Waals surface area contributed by atoms with Gasteiger partial charge in [-0.05, 0) is 71.8 Å². The highest BCUT2D eigenvalue weighted by molar-refractivity contribution is 6.22. The van der Waals surface area contributed by atoms with Gasteiger partial charge in [0.1, 0.15) is 0 Å². The van der Waals surface area contributed by atoms with E-state index in [0.29, 0.717) is 0 Å². The van der Waals surface area contributed by atoms with Crippen molar-refractivity contribution in [2.45, 2.75) is 0 Å². The molecular formula is C36H24B. The summed E-state index contributed by atoms with van der Waals surface area (Å²) >= 11 is 0. The van der Waals surface area contributed by atoms with Crippen LogP contribution in [0.5, 0.6) is 0 Å². The van der Waals surface area contributed by atoms with E-state index in [0.717, 1.165) is 0 Å². The van der Waals surface area contributed by atoms with Crippen LogP contribution in [0.3, 0.4) is 0 Å². The van der Waals surface area contributed by atoms with Crippen LogP contribution in [0.1, 0.15) is 0 Å². The van der Waals surface area contributed by atoms with Gasteiger partial charge in [0, 0.05) is 8.41 Å². The molecule has 7 rings (SSSR count). The minimum atomic E-state index is 0. The third-order valence-corrected chi connectivity index (χ3v) is 7.25. The Labute approximate surface area is 219 Å². The van der Waals surface area contributed by atoms with E-state index in [1.807, 2.05) is 0 Å². The summed E-state index contributed by atoms with van der Waals surface area (Å²) in [7, 11) is 0. The minimum absolute atomic E-state index is 0. The molecule has 0 saturated heterocycles. The molecule has 0 bridgehead atoms.